The van der Waals surface area contributed by atoms with Crippen molar-refractivity contribution in [2.24, 2.45) is 16.8 Å². The quantitative estimate of drug-likeness (QED) is 0.517. The van der Waals surface area contributed by atoms with Crippen molar-refractivity contribution in [3.8, 4) is 0 Å². The number of hydrogen-bond acceptors (Lipinski definition) is 5. The van der Waals surface area contributed by atoms with Crippen molar-refractivity contribution in [2.45, 2.75) is 19.0 Å². The first kappa shape index (κ1) is 23.9. The van der Waals surface area contributed by atoms with E-state index in [9.17, 15) is 14.4 Å². The fraction of sp³-hybridized carbons (Fsp3) is 0.214. The number of rotatable bonds is 7. The molecule has 7 nitrogen and oxygen atoms in total. The van der Waals surface area contributed by atoms with Crippen LogP contribution >= 0.6 is 0 Å². The van der Waals surface area contributed by atoms with Crippen molar-refractivity contribution in [3.63, 3.8) is 0 Å². The normalized spacial score (nSPS) is 21.0. The van der Waals surface area contributed by atoms with Gasteiger partial charge < -0.3 is 15.4 Å². The lowest BCUT2D eigenvalue weighted by atomic mass is 9.76. The van der Waals surface area contributed by atoms with Gasteiger partial charge in [0.25, 0.3) is 0 Å². The van der Waals surface area contributed by atoms with E-state index in [4.69, 9.17) is 4.74 Å². The summed E-state index contributed by atoms with van der Waals surface area (Å²) >= 11 is 0. The molecule has 3 aromatic carbocycles. The molecule has 1 aliphatic rings. The molecule has 0 fully saturated rings. The number of amides is 2. The van der Waals surface area contributed by atoms with E-state index in [1.165, 1.54) is 7.11 Å². The maximum Gasteiger partial charge on any atom is 0.334 e. The summed E-state index contributed by atoms with van der Waals surface area (Å²) < 4.78 is 5.05. The number of anilines is 1. The van der Waals surface area contributed by atoms with Gasteiger partial charge >= 0.3 is 5.97 Å². The summed E-state index contributed by atoms with van der Waals surface area (Å²) in [5.74, 6) is -3.69. The topological polar surface area (TPSA) is 96.9 Å². The summed E-state index contributed by atoms with van der Waals surface area (Å²) in [6.07, 6.45) is 0. The molecule has 1 aliphatic heterocycles. The van der Waals surface area contributed by atoms with E-state index >= 15 is 0 Å². The summed E-state index contributed by atoms with van der Waals surface area (Å²) in [4.78, 5) is 45.0. The first-order chi connectivity index (χ1) is 16.9. The van der Waals surface area contributed by atoms with E-state index in [-0.39, 0.29) is 6.54 Å². The molecule has 35 heavy (non-hydrogen) atoms. The van der Waals surface area contributed by atoms with Crippen molar-refractivity contribution in [1.82, 2.24) is 5.32 Å². The molecule has 178 valence electrons. The monoisotopic (exact) mass is 469 g/mol. The number of nitrogens with zero attached hydrogens (tertiary/aromatic N) is 1. The number of hydrogen-bond donors (Lipinski definition) is 2. The summed E-state index contributed by atoms with van der Waals surface area (Å²) in [7, 11) is 1.25. The predicted molar refractivity (Wildman–Crippen MR) is 134 cm³/mol. The highest BCUT2D eigenvalue weighted by molar-refractivity contribution is 6.20. The number of esters is 1. The smallest absolute Gasteiger partial charge is 0.334 e. The zero-order valence-corrected chi connectivity index (χ0v) is 19.6. The van der Waals surface area contributed by atoms with E-state index in [2.05, 4.69) is 15.6 Å². The van der Waals surface area contributed by atoms with Crippen LogP contribution in [0.1, 0.15) is 18.1 Å². The minimum atomic E-state index is -1.59. The van der Waals surface area contributed by atoms with Gasteiger partial charge in [-0.05, 0) is 30.2 Å². The molecule has 7 heteroatoms. The van der Waals surface area contributed by atoms with E-state index < -0.39 is 35.2 Å². The van der Waals surface area contributed by atoms with Crippen molar-refractivity contribution in [3.05, 3.63) is 102 Å². The van der Waals surface area contributed by atoms with Gasteiger partial charge in [-0.3, -0.25) is 14.6 Å². The second-order valence-corrected chi connectivity index (χ2v) is 8.52. The highest BCUT2D eigenvalue weighted by Gasteiger charge is 2.58. The predicted octanol–water partition coefficient (Wildman–Crippen LogP) is 3.61. The summed E-state index contributed by atoms with van der Waals surface area (Å²) in [6.45, 7) is 1.82. The molecule has 0 unspecified atom stereocenters. The van der Waals surface area contributed by atoms with Gasteiger partial charge in [-0.2, -0.15) is 0 Å². The van der Waals surface area contributed by atoms with Gasteiger partial charge in [0, 0.05) is 12.2 Å². The van der Waals surface area contributed by atoms with Crippen LogP contribution in [-0.4, -0.2) is 36.1 Å². The van der Waals surface area contributed by atoms with Crippen molar-refractivity contribution < 1.29 is 19.1 Å². The lowest BCUT2D eigenvalue weighted by Gasteiger charge is -2.29. The standard InChI is InChI=1S/C28H27N3O4/c1-28(27(34)35-2)23(26(33)30-21-16-10-5-11-17-21)22(24(31-28)20-14-8-4-9-15-20)25(32)29-18-19-12-6-3-7-13-19/h3-17,22-23H,18H2,1-2H3,(H,29,32)(H,30,33)/t22-,23+,28-/m0/s1. The number of benzene rings is 3. The van der Waals surface area contributed by atoms with Crippen molar-refractivity contribution in [1.29, 1.82) is 0 Å². The Balaban J connectivity index is 1.74. The zero-order chi connectivity index (χ0) is 24.8. The van der Waals surface area contributed by atoms with Gasteiger partial charge in [-0.25, -0.2) is 4.79 Å². The fourth-order valence-corrected chi connectivity index (χ4v) is 4.42. The Hall–Kier alpha value is -4.26. The van der Waals surface area contributed by atoms with Crippen LogP contribution in [0.2, 0.25) is 0 Å². The third kappa shape index (κ3) is 4.99. The van der Waals surface area contributed by atoms with Crippen LogP contribution in [-0.2, 0) is 25.7 Å². The minimum Gasteiger partial charge on any atom is -0.467 e. The third-order valence-electron chi connectivity index (χ3n) is 6.17. The number of carbonyl (C=O) groups excluding carboxylic acids is 3. The minimum absolute atomic E-state index is 0.278. The van der Waals surface area contributed by atoms with Crippen LogP contribution < -0.4 is 10.6 Å². The van der Waals surface area contributed by atoms with E-state index in [1.54, 1.807) is 31.2 Å². The number of para-hydroxylation sites is 1. The molecule has 1 heterocycles. The number of methoxy groups -OCH3 is 1. The Kier molecular flexibility index (Phi) is 7.06. The first-order valence-corrected chi connectivity index (χ1v) is 11.3. The maximum atomic E-state index is 13.6. The zero-order valence-electron chi connectivity index (χ0n) is 19.6. The Morgan fingerprint density at radius 2 is 1.43 bits per heavy atom. The van der Waals surface area contributed by atoms with Gasteiger partial charge in [0.1, 0.15) is 0 Å². The Labute approximate surface area is 204 Å². The van der Waals surface area contributed by atoms with Gasteiger partial charge in [-0.1, -0.05) is 78.9 Å². The molecule has 2 N–H and O–H groups in total. The molecule has 0 spiro atoms. The van der Waals surface area contributed by atoms with E-state index in [0.717, 1.165) is 5.56 Å². The van der Waals surface area contributed by atoms with Crippen LogP contribution in [0.3, 0.4) is 0 Å². The lowest BCUT2D eigenvalue weighted by molar-refractivity contribution is -0.151. The van der Waals surface area contributed by atoms with Crippen LogP contribution in [0.25, 0.3) is 0 Å². The highest BCUT2D eigenvalue weighted by atomic mass is 16.5. The molecule has 0 aliphatic carbocycles. The van der Waals surface area contributed by atoms with E-state index in [1.807, 2.05) is 66.7 Å². The Bertz CT molecular complexity index is 1230. The molecule has 0 aromatic heterocycles. The molecule has 0 saturated heterocycles. The second-order valence-electron chi connectivity index (χ2n) is 8.52. The van der Waals surface area contributed by atoms with Gasteiger partial charge in [0.15, 0.2) is 5.54 Å². The number of ether oxygens (including phenoxy) is 1. The molecule has 0 saturated carbocycles. The van der Waals surface area contributed by atoms with Crippen LogP contribution in [0.4, 0.5) is 5.69 Å². The Morgan fingerprint density at radius 3 is 2.03 bits per heavy atom. The largest absolute Gasteiger partial charge is 0.467 e. The fourth-order valence-electron chi connectivity index (χ4n) is 4.42. The van der Waals surface area contributed by atoms with E-state index in [0.29, 0.717) is 17.0 Å². The lowest BCUT2D eigenvalue weighted by Crippen LogP contribution is -2.51. The molecule has 0 radical (unpaired) electrons. The number of nitrogens with one attached hydrogen (secondary N) is 2. The maximum absolute atomic E-state index is 13.6. The van der Waals surface area contributed by atoms with Gasteiger partial charge in [0.05, 0.1) is 24.7 Å². The molecule has 4 rings (SSSR count). The first-order valence-electron chi connectivity index (χ1n) is 11.3. The number of aliphatic imine (C=N–C) groups is 1. The molecular formula is C28H27N3O4. The van der Waals surface area contributed by atoms with Crippen molar-refractivity contribution >= 4 is 29.2 Å². The Morgan fingerprint density at radius 1 is 0.857 bits per heavy atom. The summed E-state index contributed by atoms with van der Waals surface area (Å²) in [6, 6.07) is 27.5. The SMILES string of the molecule is COC(=O)[C@@]1(C)N=C(c2ccccc2)[C@@H](C(=O)NCc2ccccc2)[C@@H]1C(=O)Nc1ccccc1. The van der Waals surface area contributed by atoms with Gasteiger partial charge in [-0.15, -0.1) is 0 Å². The molecule has 3 atom stereocenters. The highest BCUT2D eigenvalue weighted by Crippen LogP contribution is 2.40. The molecule has 3 aromatic rings. The molecule has 0 bridgehead atoms. The van der Waals surface area contributed by atoms with Crippen LogP contribution in [0.5, 0.6) is 0 Å². The average Bonchev–Trinajstić information content (AvgIpc) is 3.23. The number of carbonyl (C=O) groups is 3. The van der Waals surface area contributed by atoms with Crippen LogP contribution in [0.15, 0.2) is 96.0 Å². The van der Waals surface area contributed by atoms with Crippen LogP contribution in [0, 0.1) is 11.8 Å². The van der Waals surface area contributed by atoms with Gasteiger partial charge in [0.2, 0.25) is 11.8 Å². The molecule has 2 amide bonds. The third-order valence-corrected chi connectivity index (χ3v) is 6.17. The summed E-state index contributed by atoms with van der Waals surface area (Å²) in [5, 5.41) is 5.78. The molecular weight excluding hydrogens is 442 g/mol. The second kappa shape index (κ2) is 10.3. The van der Waals surface area contributed by atoms with Crippen molar-refractivity contribution in [2.75, 3.05) is 12.4 Å². The summed E-state index contributed by atoms with van der Waals surface area (Å²) in [5.41, 5.74) is 0.919. The average molecular weight is 470 g/mol.